The van der Waals surface area contributed by atoms with Crippen molar-refractivity contribution < 1.29 is 32.2 Å². The van der Waals surface area contributed by atoms with Crippen molar-refractivity contribution in [3.63, 3.8) is 0 Å². The summed E-state index contributed by atoms with van der Waals surface area (Å²) in [4.78, 5) is 39.3. The van der Waals surface area contributed by atoms with E-state index in [1.807, 2.05) is 39.0 Å². The number of fused-ring (bicyclic) bond motifs is 4. The third-order valence-electron chi connectivity index (χ3n) is 7.67. The van der Waals surface area contributed by atoms with Crippen molar-refractivity contribution in [2.75, 3.05) is 31.7 Å². The number of methoxy groups -OCH3 is 1. The lowest BCUT2D eigenvalue weighted by Gasteiger charge is -2.39. The van der Waals surface area contributed by atoms with Crippen LogP contribution < -0.4 is 9.46 Å². The highest BCUT2D eigenvalue weighted by Crippen LogP contribution is 2.42. The predicted octanol–water partition coefficient (Wildman–Crippen LogP) is 7.50. The summed E-state index contributed by atoms with van der Waals surface area (Å²) < 4.78 is 57.0. The Hall–Kier alpha value is -4.00. The number of carbonyl (C=O) groups excluding carboxylic acids is 2. The van der Waals surface area contributed by atoms with Gasteiger partial charge in [0.05, 0.1) is 30.9 Å². The number of alkyl halides is 3. The van der Waals surface area contributed by atoms with Gasteiger partial charge in [-0.05, 0) is 68.0 Å². The van der Waals surface area contributed by atoms with Crippen LogP contribution in [-0.2, 0) is 4.74 Å². The van der Waals surface area contributed by atoms with Gasteiger partial charge in [-0.25, -0.2) is 9.78 Å². The van der Waals surface area contributed by atoms with Crippen LogP contribution in [0.1, 0.15) is 55.1 Å². The molecule has 13 heteroatoms. The van der Waals surface area contributed by atoms with Crippen molar-refractivity contribution in [1.82, 2.24) is 19.8 Å². The zero-order valence-electron chi connectivity index (χ0n) is 26.2. The monoisotopic (exact) mass is 645 g/mol. The van der Waals surface area contributed by atoms with E-state index in [0.29, 0.717) is 17.0 Å². The van der Waals surface area contributed by atoms with Crippen molar-refractivity contribution in [3.05, 3.63) is 65.2 Å². The number of amides is 2. The molecule has 2 amide bonds. The number of hydrogen-bond donors (Lipinski definition) is 1. The Morgan fingerprint density at radius 3 is 2.47 bits per heavy atom. The fourth-order valence-electron chi connectivity index (χ4n) is 5.15. The molecule has 3 aromatic rings. The van der Waals surface area contributed by atoms with E-state index in [9.17, 15) is 22.8 Å². The summed E-state index contributed by atoms with van der Waals surface area (Å²) in [7, 11) is 1.22. The molecule has 0 saturated heterocycles. The molecule has 0 saturated carbocycles. The summed E-state index contributed by atoms with van der Waals surface area (Å²) >= 11 is 1.18. The SMILES string of the molecule is CCCN(CN1C(=O)c2cccc(c2)SNc2nc(cc(-c3c(C)cccc3C)n2)OC[C@H]1CC(C)(C)C(F)(F)F)C(=O)OC. The summed E-state index contributed by atoms with van der Waals surface area (Å²) in [5.41, 5.74) is 1.44. The second-order valence-corrected chi connectivity index (χ2v) is 12.5. The van der Waals surface area contributed by atoms with Crippen LogP contribution in [0, 0.1) is 19.3 Å². The molecule has 2 heterocycles. The summed E-state index contributed by atoms with van der Waals surface area (Å²) in [6.07, 6.45) is -5.24. The van der Waals surface area contributed by atoms with Crippen LogP contribution in [-0.4, -0.2) is 70.9 Å². The van der Waals surface area contributed by atoms with E-state index in [4.69, 9.17) is 14.5 Å². The third kappa shape index (κ3) is 7.99. The van der Waals surface area contributed by atoms with Crippen LogP contribution in [0.3, 0.4) is 0 Å². The van der Waals surface area contributed by atoms with Gasteiger partial charge in [-0.2, -0.15) is 18.2 Å². The maximum atomic E-state index is 14.3. The Bertz CT molecular complexity index is 1510. The van der Waals surface area contributed by atoms with E-state index < -0.39 is 36.1 Å². The number of halogens is 3. The van der Waals surface area contributed by atoms with Gasteiger partial charge in [0.2, 0.25) is 11.8 Å². The van der Waals surface area contributed by atoms with Gasteiger partial charge < -0.3 is 14.4 Å². The van der Waals surface area contributed by atoms with Crippen LogP contribution in [0.2, 0.25) is 0 Å². The zero-order chi connectivity index (χ0) is 32.9. The molecular formula is C32H38F3N5O4S. The first-order valence-electron chi connectivity index (χ1n) is 14.6. The standard InChI is InChI=1S/C32H38F3N5O4S/c1-7-14-39(30(42)43-6)19-40-23(17-31(4,5)32(33,34)35)18-44-26-16-25(27-20(2)10-8-11-21(27)3)36-29(37-26)38-45-24-13-9-12-22(15-24)28(40)41/h8-13,15-16,23H,7,14,17-19H2,1-6H3,(H,36,37,38)/t23-/m1/s1. The molecule has 45 heavy (non-hydrogen) atoms. The minimum Gasteiger partial charge on any atom is -0.475 e. The Balaban J connectivity index is 1.87. The van der Waals surface area contributed by atoms with Crippen LogP contribution in [0.25, 0.3) is 11.3 Å². The van der Waals surface area contributed by atoms with E-state index in [0.717, 1.165) is 30.5 Å². The molecule has 2 aromatic carbocycles. The quantitative estimate of drug-likeness (QED) is 0.264. The van der Waals surface area contributed by atoms with Crippen molar-refractivity contribution in [2.45, 2.75) is 64.6 Å². The fourth-order valence-corrected chi connectivity index (χ4v) is 5.78. The number of hydrogen-bond acceptors (Lipinski definition) is 8. The second kappa shape index (κ2) is 14.0. The largest absolute Gasteiger partial charge is 0.475 e. The first-order valence-corrected chi connectivity index (χ1v) is 15.4. The van der Waals surface area contributed by atoms with Gasteiger partial charge in [-0.3, -0.25) is 14.4 Å². The van der Waals surface area contributed by atoms with E-state index in [2.05, 4.69) is 9.71 Å². The molecule has 4 bridgehead atoms. The Morgan fingerprint density at radius 1 is 1.13 bits per heavy atom. The number of nitrogens with one attached hydrogen (secondary N) is 1. The molecule has 0 radical (unpaired) electrons. The van der Waals surface area contributed by atoms with E-state index in [1.165, 1.54) is 28.9 Å². The maximum absolute atomic E-state index is 14.3. The number of aryl methyl sites for hydroxylation is 2. The predicted molar refractivity (Wildman–Crippen MR) is 167 cm³/mol. The normalized spacial score (nSPS) is 15.6. The van der Waals surface area contributed by atoms with Crippen LogP contribution in [0.4, 0.5) is 23.9 Å². The van der Waals surface area contributed by atoms with Crippen molar-refractivity contribution in [2.24, 2.45) is 5.41 Å². The number of carbonyl (C=O) groups is 2. The minimum atomic E-state index is -4.58. The maximum Gasteiger partial charge on any atom is 0.410 e. The van der Waals surface area contributed by atoms with Gasteiger partial charge in [0, 0.05) is 28.6 Å². The molecule has 4 rings (SSSR count). The molecule has 1 atom stereocenters. The molecule has 1 aliphatic rings. The molecule has 9 nitrogen and oxygen atoms in total. The van der Waals surface area contributed by atoms with Crippen molar-refractivity contribution in [3.8, 4) is 17.1 Å². The Kier molecular flexibility index (Phi) is 10.5. The summed E-state index contributed by atoms with van der Waals surface area (Å²) in [6, 6.07) is 13.1. The Labute approximate surface area is 265 Å². The molecule has 0 spiro atoms. The number of nitrogens with zero attached hydrogens (tertiary/aromatic N) is 4. The highest BCUT2D eigenvalue weighted by atomic mass is 32.2. The van der Waals surface area contributed by atoms with Gasteiger partial charge in [-0.15, -0.1) is 0 Å². The summed E-state index contributed by atoms with van der Waals surface area (Å²) in [5, 5.41) is 0. The van der Waals surface area contributed by atoms with Crippen LogP contribution in [0.5, 0.6) is 5.88 Å². The van der Waals surface area contributed by atoms with E-state index >= 15 is 0 Å². The van der Waals surface area contributed by atoms with E-state index in [-0.39, 0.29) is 37.2 Å². The first kappa shape index (κ1) is 33.9. The number of anilines is 1. The number of ether oxygens (including phenoxy) is 2. The first-order chi connectivity index (χ1) is 21.2. The average molecular weight is 646 g/mol. The highest BCUT2D eigenvalue weighted by Gasteiger charge is 2.49. The highest BCUT2D eigenvalue weighted by molar-refractivity contribution is 8.00. The van der Waals surface area contributed by atoms with E-state index in [1.54, 1.807) is 30.3 Å². The van der Waals surface area contributed by atoms with Crippen molar-refractivity contribution >= 4 is 29.9 Å². The van der Waals surface area contributed by atoms with Crippen LogP contribution in [0.15, 0.2) is 53.4 Å². The molecule has 0 aliphatic carbocycles. The lowest BCUT2D eigenvalue weighted by atomic mass is 9.84. The van der Waals surface area contributed by atoms with Gasteiger partial charge in [0.1, 0.15) is 6.61 Å². The van der Waals surface area contributed by atoms with Gasteiger partial charge in [-0.1, -0.05) is 45.0 Å². The summed E-state index contributed by atoms with van der Waals surface area (Å²) in [5.74, 6) is -0.199. The lowest BCUT2D eigenvalue weighted by molar-refractivity contribution is -0.218. The third-order valence-corrected chi connectivity index (χ3v) is 8.44. The van der Waals surface area contributed by atoms with Gasteiger partial charge >= 0.3 is 12.3 Å². The Morgan fingerprint density at radius 2 is 1.82 bits per heavy atom. The van der Waals surface area contributed by atoms with Crippen molar-refractivity contribution in [1.29, 1.82) is 0 Å². The number of benzene rings is 2. The molecular weight excluding hydrogens is 607 g/mol. The number of aromatic nitrogens is 2. The molecule has 1 aliphatic heterocycles. The molecule has 0 fully saturated rings. The smallest absolute Gasteiger partial charge is 0.410 e. The molecule has 242 valence electrons. The second-order valence-electron chi connectivity index (χ2n) is 11.6. The fraction of sp³-hybridized carbons (Fsp3) is 0.438. The average Bonchev–Trinajstić information content (AvgIpc) is 2.99. The zero-order valence-corrected chi connectivity index (χ0v) is 27.0. The lowest BCUT2D eigenvalue weighted by Crippen LogP contribution is -2.53. The molecule has 0 unspecified atom stereocenters. The van der Waals surface area contributed by atoms with Crippen LogP contribution >= 0.6 is 11.9 Å². The summed E-state index contributed by atoms with van der Waals surface area (Å²) in [6.45, 7) is 7.53. The molecule has 1 N–H and O–H groups in total. The molecule has 1 aromatic heterocycles. The van der Waals surface area contributed by atoms with Gasteiger partial charge in [0.25, 0.3) is 5.91 Å². The topological polar surface area (TPSA) is 96.9 Å². The number of rotatable bonds is 7. The van der Waals surface area contributed by atoms with Gasteiger partial charge in [0.15, 0.2) is 0 Å². The minimum absolute atomic E-state index is 0.123.